The van der Waals surface area contributed by atoms with Crippen molar-refractivity contribution in [2.45, 2.75) is 6.54 Å². The highest BCUT2D eigenvalue weighted by Gasteiger charge is 2.10. The van der Waals surface area contributed by atoms with Gasteiger partial charge in [-0.15, -0.1) is 0 Å². The number of nitrogens with one attached hydrogen (secondary N) is 1. The molecule has 7 nitrogen and oxygen atoms in total. The molecule has 0 aliphatic heterocycles. The molecule has 0 unspecified atom stereocenters. The minimum absolute atomic E-state index is 0.102. The Morgan fingerprint density at radius 3 is 2.88 bits per heavy atom. The summed E-state index contributed by atoms with van der Waals surface area (Å²) >= 11 is 0. The first kappa shape index (κ1) is 10.9. The SMILES string of the molecule is Nc1cc(NCc2ccno2)ccc1[N+](=O)[O-]. The Morgan fingerprint density at radius 1 is 1.47 bits per heavy atom. The molecule has 1 heterocycles. The van der Waals surface area contributed by atoms with E-state index in [0.717, 1.165) is 0 Å². The maximum absolute atomic E-state index is 10.6. The quantitative estimate of drug-likeness (QED) is 0.474. The van der Waals surface area contributed by atoms with Gasteiger partial charge in [-0.05, 0) is 12.1 Å². The molecule has 7 heteroatoms. The lowest BCUT2D eigenvalue weighted by atomic mass is 10.2. The van der Waals surface area contributed by atoms with Crippen molar-refractivity contribution in [3.63, 3.8) is 0 Å². The first-order chi connectivity index (χ1) is 8.16. The normalized spacial score (nSPS) is 10.1. The monoisotopic (exact) mass is 234 g/mol. The van der Waals surface area contributed by atoms with E-state index in [4.69, 9.17) is 10.3 Å². The van der Waals surface area contributed by atoms with Gasteiger partial charge in [0.15, 0.2) is 5.76 Å². The average molecular weight is 234 g/mol. The minimum atomic E-state index is -0.518. The summed E-state index contributed by atoms with van der Waals surface area (Å²) in [7, 11) is 0. The fourth-order valence-corrected chi connectivity index (χ4v) is 1.35. The van der Waals surface area contributed by atoms with Crippen molar-refractivity contribution in [2.24, 2.45) is 0 Å². The molecular formula is C10H10N4O3. The second-order valence-corrected chi connectivity index (χ2v) is 3.36. The first-order valence-corrected chi connectivity index (χ1v) is 4.84. The van der Waals surface area contributed by atoms with Crippen LogP contribution < -0.4 is 11.1 Å². The van der Waals surface area contributed by atoms with E-state index in [1.165, 1.54) is 12.1 Å². The van der Waals surface area contributed by atoms with Crippen molar-refractivity contribution in [1.29, 1.82) is 0 Å². The molecule has 1 aromatic heterocycles. The van der Waals surface area contributed by atoms with Gasteiger partial charge in [0.2, 0.25) is 0 Å². The zero-order valence-corrected chi connectivity index (χ0v) is 8.79. The summed E-state index contributed by atoms with van der Waals surface area (Å²) in [5, 5.41) is 17.1. The van der Waals surface area contributed by atoms with Crippen molar-refractivity contribution in [1.82, 2.24) is 5.16 Å². The predicted molar refractivity (Wildman–Crippen MR) is 61.3 cm³/mol. The van der Waals surface area contributed by atoms with Crippen LogP contribution >= 0.6 is 0 Å². The number of nitro groups is 1. The number of anilines is 2. The van der Waals surface area contributed by atoms with Crippen molar-refractivity contribution < 1.29 is 9.45 Å². The van der Waals surface area contributed by atoms with Crippen molar-refractivity contribution in [2.75, 3.05) is 11.1 Å². The topological polar surface area (TPSA) is 107 Å². The Hall–Kier alpha value is -2.57. The summed E-state index contributed by atoms with van der Waals surface area (Å²) < 4.78 is 4.90. The highest BCUT2D eigenvalue weighted by Crippen LogP contribution is 2.24. The van der Waals surface area contributed by atoms with Crippen LogP contribution in [0.5, 0.6) is 0 Å². The zero-order valence-electron chi connectivity index (χ0n) is 8.79. The first-order valence-electron chi connectivity index (χ1n) is 4.84. The molecule has 0 bridgehead atoms. The van der Waals surface area contributed by atoms with Gasteiger partial charge in [0.1, 0.15) is 5.69 Å². The molecule has 0 spiro atoms. The smallest absolute Gasteiger partial charge is 0.292 e. The summed E-state index contributed by atoms with van der Waals surface area (Å²) in [6.07, 6.45) is 1.54. The van der Waals surface area contributed by atoms with E-state index in [1.807, 2.05) is 0 Å². The van der Waals surface area contributed by atoms with Crippen LogP contribution in [0.2, 0.25) is 0 Å². The molecule has 0 saturated heterocycles. The fraction of sp³-hybridized carbons (Fsp3) is 0.100. The van der Waals surface area contributed by atoms with Gasteiger partial charge in [0, 0.05) is 17.8 Å². The number of benzene rings is 1. The van der Waals surface area contributed by atoms with Crippen LogP contribution in [0.4, 0.5) is 17.1 Å². The summed E-state index contributed by atoms with van der Waals surface area (Å²) in [5.41, 5.74) is 6.26. The van der Waals surface area contributed by atoms with Crippen LogP contribution in [0.25, 0.3) is 0 Å². The molecule has 88 valence electrons. The van der Waals surface area contributed by atoms with Gasteiger partial charge in [0.25, 0.3) is 5.69 Å². The number of nitrogen functional groups attached to an aromatic ring is 1. The van der Waals surface area contributed by atoms with Crippen LogP contribution in [0.3, 0.4) is 0 Å². The van der Waals surface area contributed by atoms with Gasteiger partial charge in [-0.2, -0.15) is 0 Å². The fourth-order valence-electron chi connectivity index (χ4n) is 1.35. The average Bonchev–Trinajstić information content (AvgIpc) is 2.78. The van der Waals surface area contributed by atoms with Gasteiger partial charge < -0.3 is 15.6 Å². The molecule has 0 aliphatic rings. The number of nitrogens with two attached hydrogens (primary N) is 1. The zero-order chi connectivity index (χ0) is 12.3. The van der Waals surface area contributed by atoms with Crippen LogP contribution in [-0.4, -0.2) is 10.1 Å². The van der Waals surface area contributed by atoms with E-state index in [2.05, 4.69) is 10.5 Å². The number of hydrogen-bond donors (Lipinski definition) is 2. The third-order valence-corrected chi connectivity index (χ3v) is 2.18. The van der Waals surface area contributed by atoms with E-state index in [-0.39, 0.29) is 11.4 Å². The standard InChI is InChI=1S/C10H10N4O3/c11-9-5-7(1-2-10(9)14(15)16)12-6-8-3-4-13-17-8/h1-5,12H,6,11H2. The summed E-state index contributed by atoms with van der Waals surface area (Å²) in [5.74, 6) is 0.668. The van der Waals surface area contributed by atoms with Crippen molar-refractivity contribution in [3.05, 3.63) is 46.3 Å². The number of aromatic nitrogens is 1. The molecule has 0 radical (unpaired) electrons. The molecule has 1 aromatic carbocycles. The third-order valence-electron chi connectivity index (χ3n) is 2.18. The van der Waals surface area contributed by atoms with E-state index in [1.54, 1.807) is 18.3 Å². The summed E-state index contributed by atoms with van der Waals surface area (Å²) in [4.78, 5) is 10.0. The number of nitro benzene ring substituents is 1. The van der Waals surface area contributed by atoms with Crippen LogP contribution in [0.1, 0.15) is 5.76 Å². The molecule has 2 aromatic rings. The third kappa shape index (κ3) is 2.51. The van der Waals surface area contributed by atoms with Gasteiger partial charge in [-0.25, -0.2) is 0 Å². The lowest BCUT2D eigenvalue weighted by molar-refractivity contribution is -0.383. The Labute approximate surface area is 96.4 Å². The summed E-state index contributed by atoms with van der Waals surface area (Å²) in [6.45, 7) is 0.442. The molecule has 0 fully saturated rings. The summed E-state index contributed by atoms with van der Waals surface area (Å²) in [6, 6.07) is 6.18. The lowest BCUT2D eigenvalue weighted by Gasteiger charge is -2.05. The largest absolute Gasteiger partial charge is 0.393 e. The molecule has 0 amide bonds. The molecule has 0 aliphatic carbocycles. The second-order valence-electron chi connectivity index (χ2n) is 3.36. The highest BCUT2D eigenvalue weighted by molar-refractivity contribution is 5.65. The number of nitrogens with zero attached hydrogens (tertiary/aromatic N) is 2. The Kier molecular flexibility index (Phi) is 2.91. The van der Waals surface area contributed by atoms with Crippen LogP contribution in [-0.2, 0) is 6.54 Å². The maximum Gasteiger partial charge on any atom is 0.292 e. The lowest BCUT2D eigenvalue weighted by Crippen LogP contribution is -2.01. The minimum Gasteiger partial charge on any atom is -0.393 e. The van der Waals surface area contributed by atoms with E-state index < -0.39 is 4.92 Å². The molecule has 0 atom stereocenters. The van der Waals surface area contributed by atoms with E-state index >= 15 is 0 Å². The molecule has 17 heavy (non-hydrogen) atoms. The van der Waals surface area contributed by atoms with E-state index in [9.17, 15) is 10.1 Å². The van der Waals surface area contributed by atoms with Gasteiger partial charge in [0.05, 0.1) is 17.7 Å². The van der Waals surface area contributed by atoms with E-state index in [0.29, 0.717) is 18.0 Å². The van der Waals surface area contributed by atoms with Crippen LogP contribution in [0, 0.1) is 10.1 Å². The van der Waals surface area contributed by atoms with Gasteiger partial charge in [-0.3, -0.25) is 10.1 Å². The Bertz CT molecular complexity index is 524. The van der Waals surface area contributed by atoms with Crippen molar-refractivity contribution >= 4 is 17.1 Å². The number of rotatable bonds is 4. The highest BCUT2D eigenvalue weighted by atomic mass is 16.6. The second kappa shape index (κ2) is 4.52. The maximum atomic E-state index is 10.6. The number of hydrogen-bond acceptors (Lipinski definition) is 6. The molecule has 2 rings (SSSR count). The van der Waals surface area contributed by atoms with Crippen molar-refractivity contribution in [3.8, 4) is 0 Å². The predicted octanol–water partition coefficient (Wildman–Crippen LogP) is 1.78. The molecule has 0 saturated carbocycles. The Morgan fingerprint density at radius 2 is 2.29 bits per heavy atom. The van der Waals surface area contributed by atoms with Crippen LogP contribution in [0.15, 0.2) is 35.0 Å². The molecular weight excluding hydrogens is 224 g/mol. The van der Waals surface area contributed by atoms with Gasteiger partial charge >= 0.3 is 0 Å². The molecule has 3 N–H and O–H groups in total. The Balaban J connectivity index is 2.07. The van der Waals surface area contributed by atoms with Gasteiger partial charge in [-0.1, -0.05) is 5.16 Å².